The van der Waals surface area contributed by atoms with Crippen molar-refractivity contribution in [2.75, 3.05) is 18.1 Å². The van der Waals surface area contributed by atoms with Crippen molar-refractivity contribution in [3.05, 3.63) is 57.9 Å². The fourth-order valence-electron chi connectivity index (χ4n) is 7.90. The number of esters is 1. The molecule has 0 aliphatic heterocycles. The van der Waals surface area contributed by atoms with Crippen molar-refractivity contribution in [1.82, 2.24) is 0 Å². The van der Waals surface area contributed by atoms with Crippen LogP contribution in [-0.2, 0) is 4.74 Å². The number of unbranched alkanes of at least 4 members (excludes halogenated alkanes) is 3. The minimum Gasteiger partial charge on any atom is -0.461 e. The van der Waals surface area contributed by atoms with Crippen molar-refractivity contribution in [2.45, 2.75) is 127 Å². The van der Waals surface area contributed by atoms with E-state index in [1.165, 1.54) is 112 Å². The molecule has 3 unspecified atom stereocenters. The third-order valence-electron chi connectivity index (χ3n) is 11.8. The Bertz CT molecular complexity index is 2350. The minimum atomic E-state index is -0.537. The number of fused-ring (bicyclic) bond motifs is 3. The molecule has 0 amide bonds. The van der Waals surface area contributed by atoms with Gasteiger partial charge in [0.05, 0.1) is 24.6 Å². The zero-order chi connectivity index (χ0) is 42.2. The maximum atomic E-state index is 16.1. The summed E-state index contributed by atoms with van der Waals surface area (Å²) >= 11 is 14.4. The van der Waals surface area contributed by atoms with Gasteiger partial charge in [-0.15, -0.1) is 91.5 Å². The largest absolute Gasteiger partial charge is 0.461 e. The van der Waals surface area contributed by atoms with Crippen LogP contribution in [0.3, 0.4) is 0 Å². The predicted octanol–water partition coefficient (Wildman–Crippen LogP) is 19.6. The van der Waals surface area contributed by atoms with E-state index < -0.39 is 11.8 Å². The number of hydrogen-bond acceptors (Lipinski definition) is 10. The monoisotopic (exact) mass is 954 g/mol. The maximum absolute atomic E-state index is 16.1. The highest BCUT2D eigenvalue weighted by Crippen LogP contribution is 2.55. The Balaban J connectivity index is 1.29. The van der Waals surface area contributed by atoms with Crippen LogP contribution in [0.2, 0.25) is 0 Å². The second-order valence-electron chi connectivity index (χ2n) is 16.0. The first-order valence-electron chi connectivity index (χ1n) is 22.1. The molecule has 0 radical (unpaired) electrons. The first kappa shape index (κ1) is 46.3. The molecule has 7 aromatic rings. The second-order valence-corrected chi connectivity index (χ2v) is 24.7. The fraction of sp³-hybridized carbons (Fsp3) is 0.490. The number of carbonyl (C=O) groups excluding carboxylic acids is 1. The summed E-state index contributed by atoms with van der Waals surface area (Å²) in [4.78, 5) is 18.2. The zero-order valence-electron chi connectivity index (χ0n) is 35.9. The lowest BCUT2D eigenvalue weighted by Gasteiger charge is -2.14. The van der Waals surface area contributed by atoms with Gasteiger partial charge in [-0.05, 0) is 78.8 Å². The summed E-state index contributed by atoms with van der Waals surface area (Å²) < 4.78 is 28.0. The van der Waals surface area contributed by atoms with Gasteiger partial charge in [-0.3, -0.25) is 0 Å². The molecular formula is C49H59FO2S8. The maximum Gasteiger partial charge on any atom is 0.351 e. The molecular weight excluding hydrogens is 896 g/mol. The molecule has 0 spiro atoms. The highest BCUT2D eigenvalue weighted by atomic mass is 32.2. The molecule has 3 atom stereocenters. The molecule has 7 rings (SSSR count). The molecule has 6 heterocycles. The number of hydrogen-bond donors (Lipinski definition) is 0. The Morgan fingerprint density at radius 2 is 1.22 bits per heavy atom. The number of thioether (sulfide) groups is 2. The molecule has 0 saturated heterocycles. The number of ether oxygens (including phenoxy) is 1. The normalized spacial score (nSPS) is 13.6. The van der Waals surface area contributed by atoms with E-state index in [0.29, 0.717) is 17.9 Å². The third-order valence-corrected chi connectivity index (χ3v) is 21.5. The summed E-state index contributed by atoms with van der Waals surface area (Å²) in [6.45, 7) is 13.9. The number of thiophene rings is 6. The van der Waals surface area contributed by atoms with Crippen molar-refractivity contribution < 1.29 is 13.9 Å². The lowest BCUT2D eigenvalue weighted by atomic mass is 10.00. The van der Waals surface area contributed by atoms with E-state index >= 15 is 4.39 Å². The molecule has 0 saturated carbocycles. The number of benzene rings is 1. The highest BCUT2D eigenvalue weighted by molar-refractivity contribution is 8.01. The molecule has 6 aromatic heterocycles. The van der Waals surface area contributed by atoms with Crippen LogP contribution in [0.15, 0.2) is 55.6 Å². The molecule has 322 valence electrons. The summed E-state index contributed by atoms with van der Waals surface area (Å²) in [5.74, 6) is 3.15. The molecule has 60 heavy (non-hydrogen) atoms. The molecule has 0 aliphatic rings. The van der Waals surface area contributed by atoms with E-state index in [-0.39, 0.29) is 4.88 Å². The second kappa shape index (κ2) is 22.3. The fourth-order valence-corrected chi connectivity index (χ4v) is 17.7. The average Bonchev–Trinajstić information content (AvgIpc) is 4.13. The van der Waals surface area contributed by atoms with Crippen molar-refractivity contribution in [3.63, 3.8) is 0 Å². The van der Waals surface area contributed by atoms with Crippen LogP contribution in [0.4, 0.5) is 4.39 Å². The van der Waals surface area contributed by atoms with Crippen LogP contribution in [0.1, 0.15) is 128 Å². The van der Waals surface area contributed by atoms with Gasteiger partial charge in [-0.25, -0.2) is 9.18 Å². The summed E-state index contributed by atoms with van der Waals surface area (Å²) in [5, 5.41) is 7.26. The first-order valence-corrected chi connectivity index (χ1v) is 29.1. The lowest BCUT2D eigenvalue weighted by Crippen LogP contribution is -2.14. The zero-order valence-corrected chi connectivity index (χ0v) is 42.4. The van der Waals surface area contributed by atoms with E-state index in [1.807, 2.05) is 74.3 Å². The van der Waals surface area contributed by atoms with Crippen molar-refractivity contribution >= 4 is 128 Å². The molecule has 0 bridgehead atoms. The molecule has 0 aliphatic carbocycles. The standard InChI is InChI=1S/C49H59FO2S8/c1-7-13-16-30(10-4)26-52-49(51)48-43(50)35-29-56-47(46(35)60-48)38-25-34-42(37-20-22-40(58-37)55-28-32(12-6)18-15-9-3)44-33(23-24-53-44)41(45(34)59-38)36-19-21-39(57-36)54-27-31(11-5)17-14-8-2/h19-25,29-32H,7-18,26-28H2,1-6H3. The van der Waals surface area contributed by atoms with Gasteiger partial charge in [-0.2, -0.15) is 0 Å². The van der Waals surface area contributed by atoms with Crippen LogP contribution in [-0.4, -0.2) is 24.1 Å². The van der Waals surface area contributed by atoms with Gasteiger partial charge >= 0.3 is 5.97 Å². The van der Waals surface area contributed by atoms with E-state index in [2.05, 4.69) is 83.3 Å². The van der Waals surface area contributed by atoms with Crippen LogP contribution in [0.25, 0.3) is 60.9 Å². The number of carbonyl (C=O) groups is 1. The number of halogens is 1. The number of rotatable bonds is 24. The van der Waals surface area contributed by atoms with Crippen molar-refractivity contribution in [1.29, 1.82) is 0 Å². The Hall–Kier alpha value is -1.70. The van der Waals surface area contributed by atoms with E-state index in [4.69, 9.17) is 4.74 Å². The average molecular weight is 956 g/mol. The molecule has 0 N–H and O–H groups in total. The minimum absolute atomic E-state index is 0.0923. The topological polar surface area (TPSA) is 26.3 Å². The predicted molar refractivity (Wildman–Crippen MR) is 274 cm³/mol. The Labute approximate surface area is 389 Å². The quantitative estimate of drug-likeness (QED) is 0.0445. The van der Waals surface area contributed by atoms with E-state index in [0.717, 1.165) is 63.5 Å². The van der Waals surface area contributed by atoms with Gasteiger partial charge in [0.2, 0.25) is 0 Å². The first-order chi connectivity index (χ1) is 29.3. The summed E-state index contributed by atoms with van der Waals surface area (Å²) in [6, 6.07) is 14.0. The van der Waals surface area contributed by atoms with E-state index in [1.54, 1.807) is 11.3 Å². The Morgan fingerprint density at radius 1 is 0.633 bits per heavy atom. The van der Waals surface area contributed by atoms with Gasteiger partial charge in [0.1, 0.15) is 4.88 Å². The summed E-state index contributed by atoms with van der Waals surface area (Å²) in [7, 11) is 0. The molecule has 2 nitrogen and oxygen atoms in total. The smallest absolute Gasteiger partial charge is 0.351 e. The van der Waals surface area contributed by atoms with Gasteiger partial charge in [-0.1, -0.05) is 99.3 Å². The SMILES string of the molecule is CCCCC(CC)COC(=O)c1sc2c(-c3cc4c(-c5ccc(SCC(CC)CCCC)s5)c5sccc5c(-c5ccc(SCC(CC)CCCC)s5)c4s3)scc2c1F. The van der Waals surface area contributed by atoms with Crippen LogP contribution in [0.5, 0.6) is 0 Å². The Kier molecular flexibility index (Phi) is 17.2. The molecule has 1 aromatic carbocycles. The third kappa shape index (κ3) is 10.5. The van der Waals surface area contributed by atoms with Crippen LogP contribution < -0.4 is 0 Å². The van der Waals surface area contributed by atoms with Crippen LogP contribution >= 0.6 is 91.5 Å². The highest BCUT2D eigenvalue weighted by Gasteiger charge is 2.27. The van der Waals surface area contributed by atoms with Crippen molar-refractivity contribution in [2.24, 2.45) is 17.8 Å². The van der Waals surface area contributed by atoms with Gasteiger partial charge < -0.3 is 4.74 Å². The lowest BCUT2D eigenvalue weighted by molar-refractivity contribution is 0.0429. The summed E-state index contributed by atoms with van der Waals surface area (Å²) in [5.41, 5.74) is 2.62. The summed E-state index contributed by atoms with van der Waals surface area (Å²) in [6.07, 6.45) is 14.4. The van der Waals surface area contributed by atoms with Crippen LogP contribution in [0, 0.1) is 23.6 Å². The Morgan fingerprint density at radius 3 is 1.80 bits per heavy atom. The van der Waals surface area contributed by atoms with Gasteiger partial charge in [0, 0.05) is 68.2 Å². The van der Waals surface area contributed by atoms with Gasteiger partial charge in [0.15, 0.2) is 5.82 Å². The van der Waals surface area contributed by atoms with Crippen molar-refractivity contribution in [3.8, 4) is 30.6 Å². The molecule has 11 heteroatoms. The van der Waals surface area contributed by atoms with Gasteiger partial charge in [0.25, 0.3) is 0 Å². The van der Waals surface area contributed by atoms with E-state index in [9.17, 15) is 4.79 Å². The molecule has 0 fully saturated rings.